The summed E-state index contributed by atoms with van der Waals surface area (Å²) in [5.74, 6) is -0.950. The molecule has 33 heavy (non-hydrogen) atoms. The molecule has 0 aliphatic carbocycles. The van der Waals surface area contributed by atoms with Crippen LogP contribution in [-0.4, -0.2) is 48.8 Å². The summed E-state index contributed by atoms with van der Waals surface area (Å²) in [5.41, 5.74) is 1.76. The van der Waals surface area contributed by atoms with Gasteiger partial charge >= 0.3 is 6.09 Å². The van der Waals surface area contributed by atoms with Crippen LogP contribution in [0.5, 0.6) is 0 Å². The largest absolute Gasteiger partial charge is 0.453 e. The van der Waals surface area contributed by atoms with E-state index in [1.165, 1.54) is 14.0 Å². The first-order valence-corrected chi connectivity index (χ1v) is 10.9. The van der Waals surface area contributed by atoms with E-state index in [0.717, 1.165) is 10.6 Å². The van der Waals surface area contributed by atoms with Gasteiger partial charge in [-0.25, -0.2) is 9.80 Å². The molecule has 0 aliphatic rings. The number of amides is 3. The van der Waals surface area contributed by atoms with Gasteiger partial charge in [0.25, 0.3) is 0 Å². The molecule has 8 nitrogen and oxygen atoms in total. The highest BCUT2D eigenvalue weighted by Crippen LogP contribution is 2.29. The molecule has 3 amide bonds. The van der Waals surface area contributed by atoms with Crippen LogP contribution in [0.25, 0.3) is 0 Å². The van der Waals surface area contributed by atoms with E-state index in [9.17, 15) is 14.4 Å². The highest BCUT2D eigenvalue weighted by atomic mass is 35.5. The van der Waals surface area contributed by atoms with Crippen molar-refractivity contribution in [3.63, 3.8) is 0 Å². The number of nitrogens with one attached hydrogen (secondary N) is 2. The molecule has 0 radical (unpaired) electrons. The molecular weight excluding hydrogens is 491 g/mol. The van der Waals surface area contributed by atoms with E-state index in [1.54, 1.807) is 49.4 Å². The Labute approximate surface area is 206 Å². The summed E-state index contributed by atoms with van der Waals surface area (Å²) in [4.78, 5) is 36.5. The molecule has 0 saturated carbocycles. The summed E-state index contributed by atoms with van der Waals surface area (Å²) in [5, 5.41) is 11.7. The Morgan fingerprint density at radius 3 is 2.33 bits per heavy atom. The fourth-order valence-corrected chi connectivity index (χ4v) is 3.37. The summed E-state index contributed by atoms with van der Waals surface area (Å²) in [7, 11) is 1.22. The van der Waals surface area contributed by atoms with Crippen LogP contribution >= 0.6 is 34.8 Å². The monoisotopic (exact) mass is 512 g/mol. The minimum atomic E-state index is -0.738. The van der Waals surface area contributed by atoms with E-state index in [-0.39, 0.29) is 18.1 Å². The van der Waals surface area contributed by atoms with Crippen molar-refractivity contribution in [3.8, 4) is 0 Å². The van der Waals surface area contributed by atoms with Crippen LogP contribution in [-0.2, 0) is 14.3 Å². The molecule has 2 rings (SSSR count). The topological polar surface area (TPSA) is 100 Å². The van der Waals surface area contributed by atoms with Crippen molar-refractivity contribution in [2.45, 2.75) is 19.9 Å². The van der Waals surface area contributed by atoms with Crippen molar-refractivity contribution in [1.29, 1.82) is 0 Å². The number of methoxy groups -OCH3 is 1. The molecule has 0 bridgehead atoms. The number of hydrogen-bond acceptors (Lipinski definition) is 5. The van der Waals surface area contributed by atoms with Crippen LogP contribution < -0.4 is 10.6 Å². The van der Waals surface area contributed by atoms with Crippen LogP contribution in [0.1, 0.15) is 31.0 Å². The highest BCUT2D eigenvalue weighted by molar-refractivity contribution is 6.42. The standard InChI is InChI=1S/C22H23Cl3N4O4/c1-13(15-7-9-16(23)10-8-15)28-29(14(2)30)12-20(31)27-19(11-26-22(32)33-3)17-5-4-6-18(24)21(17)25/h4-10,19H,11-12H2,1-3H3,(H,26,32)(H,27,31)/b28-13+. The first-order valence-electron chi connectivity index (χ1n) is 9.76. The number of carbonyl (C=O) groups excluding carboxylic acids is 3. The van der Waals surface area contributed by atoms with Crippen LogP contribution in [0.15, 0.2) is 47.6 Å². The molecule has 0 aliphatic heterocycles. The number of rotatable bonds is 8. The van der Waals surface area contributed by atoms with Gasteiger partial charge in [0.2, 0.25) is 11.8 Å². The van der Waals surface area contributed by atoms with Gasteiger partial charge in [-0.3, -0.25) is 9.59 Å². The van der Waals surface area contributed by atoms with E-state index in [4.69, 9.17) is 34.8 Å². The lowest BCUT2D eigenvalue weighted by molar-refractivity contribution is -0.134. The van der Waals surface area contributed by atoms with Gasteiger partial charge in [-0.05, 0) is 36.2 Å². The zero-order valence-corrected chi connectivity index (χ0v) is 20.5. The molecule has 0 saturated heterocycles. The maximum atomic E-state index is 12.8. The van der Waals surface area contributed by atoms with Crippen molar-refractivity contribution in [2.75, 3.05) is 20.2 Å². The van der Waals surface area contributed by atoms with Gasteiger partial charge in [0, 0.05) is 18.5 Å². The predicted molar refractivity (Wildman–Crippen MR) is 129 cm³/mol. The number of nitrogens with zero attached hydrogens (tertiary/aromatic N) is 2. The molecule has 0 aromatic heterocycles. The number of halogens is 3. The van der Waals surface area contributed by atoms with Crippen molar-refractivity contribution >= 4 is 58.4 Å². The normalized spacial score (nSPS) is 12.0. The lowest BCUT2D eigenvalue weighted by atomic mass is 10.1. The average molecular weight is 514 g/mol. The third-order valence-electron chi connectivity index (χ3n) is 4.52. The van der Waals surface area contributed by atoms with Gasteiger partial charge in [-0.2, -0.15) is 5.10 Å². The lowest BCUT2D eigenvalue weighted by Crippen LogP contribution is -2.42. The molecule has 2 aromatic carbocycles. The Kier molecular flexibility index (Phi) is 9.96. The first-order chi connectivity index (χ1) is 15.6. The maximum absolute atomic E-state index is 12.8. The highest BCUT2D eigenvalue weighted by Gasteiger charge is 2.22. The number of hydrogen-bond donors (Lipinski definition) is 2. The Morgan fingerprint density at radius 1 is 1.06 bits per heavy atom. The van der Waals surface area contributed by atoms with Crippen molar-refractivity contribution in [1.82, 2.24) is 15.6 Å². The molecule has 0 fully saturated rings. The van der Waals surface area contributed by atoms with E-state index in [0.29, 0.717) is 21.3 Å². The zero-order valence-electron chi connectivity index (χ0n) is 18.2. The first kappa shape index (κ1) is 26.4. The number of carbonyl (C=O) groups is 3. The summed E-state index contributed by atoms with van der Waals surface area (Å²) < 4.78 is 4.58. The van der Waals surface area contributed by atoms with Crippen LogP contribution in [0, 0.1) is 0 Å². The van der Waals surface area contributed by atoms with Gasteiger partial charge in [0.1, 0.15) is 6.54 Å². The van der Waals surface area contributed by atoms with E-state index in [2.05, 4.69) is 20.5 Å². The average Bonchev–Trinajstić information content (AvgIpc) is 2.78. The Bertz CT molecular complexity index is 1040. The van der Waals surface area contributed by atoms with Gasteiger partial charge in [-0.1, -0.05) is 59.1 Å². The van der Waals surface area contributed by atoms with Crippen molar-refractivity contribution < 1.29 is 19.1 Å². The Morgan fingerprint density at radius 2 is 1.73 bits per heavy atom. The second-order valence-corrected chi connectivity index (χ2v) is 8.13. The molecule has 1 unspecified atom stereocenters. The second-order valence-electron chi connectivity index (χ2n) is 6.90. The molecular formula is C22H23Cl3N4O4. The predicted octanol–water partition coefficient (Wildman–Crippen LogP) is 4.43. The van der Waals surface area contributed by atoms with E-state index >= 15 is 0 Å². The van der Waals surface area contributed by atoms with Crippen molar-refractivity contribution in [2.24, 2.45) is 5.10 Å². The third-order valence-corrected chi connectivity index (χ3v) is 5.60. The minimum Gasteiger partial charge on any atom is -0.453 e. The number of alkyl carbamates (subject to hydrolysis) is 1. The van der Waals surface area contributed by atoms with Crippen LogP contribution in [0.3, 0.4) is 0 Å². The van der Waals surface area contributed by atoms with Gasteiger partial charge in [-0.15, -0.1) is 0 Å². The third kappa shape index (κ3) is 7.92. The molecule has 11 heteroatoms. The minimum absolute atomic E-state index is 0.0222. The summed E-state index contributed by atoms with van der Waals surface area (Å²) in [6, 6.07) is 11.1. The SMILES string of the molecule is COC(=O)NCC(NC(=O)CN(/N=C(\C)c1ccc(Cl)cc1)C(C)=O)c1cccc(Cl)c1Cl. The van der Waals surface area contributed by atoms with Gasteiger partial charge < -0.3 is 15.4 Å². The quantitative estimate of drug-likeness (QED) is 0.403. The number of benzene rings is 2. The Hall–Kier alpha value is -2.81. The summed E-state index contributed by atoms with van der Waals surface area (Å²) >= 11 is 18.3. The van der Waals surface area contributed by atoms with Gasteiger partial charge in [0.15, 0.2) is 0 Å². The zero-order chi connectivity index (χ0) is 24.5. The molecule has 0 spiro atoms. The molecule has 2 aromatic rings. The van der Waals surface area contributed by atoms with Crippen LogP contribution in [0.4, 0.5) is 4.79 Å². The maximum Gasteiger partial charge on any atom is 0.406 e. The molecule has 176 valence electrons. The van der Waals surface area contributed by atoms with E-state index < -0.39 is 23.9 Å². The summed E-state index contributed by atoms with van der Waals surface area (Å²) in [6.45, 7) is 2.64. The number of ether oxygens (including phenoxy) is 1. The lowest BCUT2D eigenvalue weighted by Gasteiger charge is -2.23. The fourth-order valence-electron chi connectivity index (χ4n) is 2.81. The van der Waals surface area contributed by atoms with Crippen LogP contribution in [0.2, 0.25) is 15.1 Å². The molecule has 2 N–H and O–H groups in total. The second kappa shape index (κ2) is 12.4. The van der Waals surface area contributed by atoms with E-state index in [1.807, 2.05) is 0 Å². The smallest absolute Gasteiger partial charge is 0.406 e. The van der Waals surface area contributed by atoms with Crippen molar-refractivity contribution in [3.05, 3.63) is 68.7 Å². The molecule has 1 atom stereocenters. The summed E-state index contributed by atoms with van der Waals surface area (Å²) in [6.07, 6.45) is -0.680. The van der Waals surface area contributed by atoms with Gasteiger partial charge in [0.05, 0.1) is 28.9 Å². The Balaban J connectivity index is 2.20. The molecule has 0 heterocycles. The fraction of sp³-hybridized carbons (Fsp3) is 0.273. The number of hydrazone groups is 1.